The van der Waals surface area contributed by atoms with E-state index in [9.17, 15) is 4.79 Å². The first-order valence-corrected chi connectivity index (χ1v) is 10.6. The zero-order valence-electron chi connectivity index (χ0n) is 15.5. The third kappa shape index (κ3) is 4.96. The first-order chi connectivity index (χ1) is 13.6. The van der Waals surface area contributed by atoms with Gasteiger partial charge in [0.25, 0.3) is 0 Å². The Labute approximate surface area is 172 Å². The standard InChI is InChI=1S/C20H21N5OS2/c1-3-12-27-17-7-5-4-6-16(17)22-18(26)13-28-20-24-23-19(25(20)21)15-10-8-14(2)9-11-15/h3-11H,1,12-13,21H2,2H3,(H,22,26). The summed E-state index contributed by atoms with van der Waals surface area (Å²) in [7, 11) is 0. The first kappa shape index (κ1) is 20.0. The van der Waals surface area contributed by atoms with Crippen molar-refractivity contribution in [2.24, 2.45) is 0 Å². The fourth-order valence-electron chi connectivity index (χ4n) is 2.44. The lowest BCUT2D eigenvalue weighted by Gasteiger charge is -2.10. The molecule has 0 unspecified atom stereocenters. The molecule has 1 heterocycles. The molecule has 0 saturated heterocycles. The number of aryl methyl sites for hydroxylation is 1. The molecule has 0 bridgehead atoms. The number of carbonyl (C=O) groups excluding carboxylic acids is 1. The fourth-order valence-corrected chi connectivity index (χ4v) is 3.84. The van der Waals surface area contributed by atoms with Crippen molar-refractivity contribution < 1.29 is 4.79 Å². The highest BCUT2D eigenvalue weighted by Gasteiger charge is 2.14. The molecule has 144 valence electrons. The van der Waals surface area contributed by atoms with Gasteiger partial charge in [0.1, 0.15) is 0 Å². The van der Waals surface area contributed by atoms with Gasteiger partial charge in [0.15, 0.2) is 5.82 Å². The predicted molar refractivity (Wildman–Crippen MR) is 117 cm³/mol. The number of para-hydroxylation sites is 1. The van der Waals surface area contributed by atoms with Gasteiger partial charge in [0.05, 0.1) is 11.4 Å². The van der Waals surface area contributed by atoms with Gasteiger partial charge in [-0.15, -0.1) is 28.5 Å². The molecule has 0 aliphatic heterocycles. The van der Waals surface area contributed by atoms with Crippen molar-refractivity contribution in [3.8, 4) is 11.4 Å². The van der Waals surface area contributed by atoms with Crippen LogP contribution in [0, 0.1) is 6.92 Å². The van der Waals surface area contributed by atoms with E-state index in [4.69, 9.17) is 5.84 Å². The second-order valence-electron chi connectivity index (χ2n) is 5.97. The van der Waals surface area contributed by atoms with E-state index in [1.54, 1.807) is 11.8 Å². The highest BCUT2D eigenvalue weighted by molar-refractivity contribution is 8.00. The third-order valence-corrected chi connectivity index (χ3v) is 5.84. The number of nitrogens with zero attached hydrogens (tertiary/aromatic N) is 3. The van der Waals surface area contributed by atoms with Gasteiger partial charge in [0.2, 0.25) is 11.1 Å². The number of thioether (sulfide) groups is 2. The van der Waals surface area contributed by atoms with Crippen LogP contribution in [-0.4, -0.2) is 32.3 Å². The largest absolute Gasteiger partial charge is 0.335 e. The van der Waals surface area contributed by atoms with Crippen molar-refractivity contribution in [2.45, 2.75) is 17.0 Å². The SMILES string of the molecule is C=CCSc1ccccc1NC(=O)CSc1nnc(-c2ccc(C)cc2)n1N. The molecule has 0 aliphatic rings. The minimum absolute atomic E-state index is 0.128. The molecule has 3 rings (SSSR count). The van der Waals surface area contributed by atoms with Gasteiger partial charge >= 0.3 is 0 Å². The zero-order chi connectivity index (χ0) is 19.9. The number of nitrogens with two attached hydrogens (primary N) is 1. The number of rotatable bonds is 8. The molecule has 0 aliphatic carbocycles. The summed E-state index contributed by atoms with van der Waals surface area (Å²) < 4.78 is 1.41. The predicted octanol–water partition coefficient (Wildman–Crippen LogP) is 3.98. The highest BCUT2D eigenvalue weighted by atomic mass is 32.2. The van der Waals surface area contributed by atoms with Crippen LogP contribution >= 0.6 is 23.5 Å². The Bertz CT molecular complexity index is 969. The molecule has 6 nitrogen and oxygen atoms in total. The van der Waals surface area contributed by atoms with Crippen LogP contribution in [0.4, 0.5) is 5.69 Å². The van der Waals surface area contributed by atoms with Gasteiger partial charge < -0.3 is 11.2 Å². The normalized spacial score (nSPS) is 10.6. The second-order valence-corrected chi connectivity index (χ2v) is 7.98. The molecular weight excluding hydrogens is 390 g/mol. The molecule has 0 spiro atoms. The fraction of sp³-hybridized carbons (Fsp3) is 0.150. The summed E-state index contributed by atoms with van der Waals surface area (Å²) in [5.74, 6) is 7.52. The summed E-state index contributed by atoms with van der Waals surface area (Å²) in [4.78, 5) is 13.4. The van der Waals surface area contributed by atoms with Crippen LogP contribution in [0.25, 0.3) is 11.4 Å². The number of hydrogen-bond donors (Lipinski definition) is 2. The van der Waals surface area contributed by atoms with Crippen LogP contribution in [0.1, 0.15) is 5.56 Å². The second kappa shape index (κ2) is 9.48. The highest BCUT2D eigenvalue weighted by Crippen LogP contribution is 2.27. The summed E-state index contributed by atoms with van der Waals surface area (Å²) in [5, 5.41) is 11.7. The molecule has 1 amide bonds. The molecule has 3 N–H and O–H groups in total. The average molecular weight is 412 g/mol. The van der Waals surface area contributed by atoms with Crippen LogP contribution < -0.4 is 11.2 Å². The van der Waals surface area contributed by atoms with E-state index >= 15 is 0 Å². The van der Waals surface area contributed by atoms with Crippen LogP contribution in [0.3, 0.4) is 0 Å². The summed E-state index contributed by atoms with van der Waals surface area (Å²) in [5.41, 5.74) is 2.82. The Balaban J connectivity index is 1.63. The van der Waals surface area contributed by atoms with Crippen LogP contribution in [0.2, 0.25) is 0 Å². The minimum atomic E-state index is -0.128. The van der Waals surface area contributed by atoms with E-state index in [2.05, 4.69) is 22.1 Å². The maximum atomic E-state index is 12.4. The van der Waals surface area contributed by atoms with E-state index in [1.165, 1.54) is 16.4 Å². The minimum Gasteiger partial charge on any atom is -0.335 e. The first-order valence-electron chi connectivity index (χ1n) is 8.61. The van der Waals surface area contributed by atoms with Gasteiger partial charge in [-0.25, -0.2) is 4.68 Å². The topological polar surface area (TPSA) is 85.8 Å². The molecule has 0 fully saturated rings. The Kier molecular flexibility index (Phi) is 6.78. The molecule has 0 radical (unpaired) electrons. The van der Waals surface area contributed by atoms with E-state index in [1.807, 2.05) is 61.5 Å². The lowest BCUT2D eigenvalue weighted by Crippen LogP contribution is -2.16. The van der Waals surface area contributed by atoms with Crippen molar-refractivity contribution in [1.82, 2.24) is 14.9 Å². The van der Waals surface area contributed by atoms with E-state index in [0.29, 0.717) is 11.0 Å². The Morgan fingerprint density at radius 3 is 2.68 bits per heavy atom. The molecule has 1 aromatic heterocycles. The number of carbonyl (C=O) groups is 1. The number of benzene rings is 2. The number of amides is 1. The monoisotopic (exact) mass is 411 g/mol. The third-order valence-electron chi connectivity index (χ3n) is 3.82. The van der Waals surface area contributed by atoms with Crippen molar-refractivity contribution in [2.75, 3.05) is 22.7 Å². The smallest absolute Gasteiger partial charge is 0.234 e. The molecule has 0 saturated carbocycles. The van der Waals surface area contributed by atoms with Crippen LogP contribution in [0.15, 0.2) is 71.2 Å². The number of nitrogens with one attached hydrogen (secondary N) is 1. The molecule has 28 heavy (non-hydrogen) atoms. The Morgan fingerprint density at radius 2 is 1.93 bits per heavy atom. The summed E-state index contributed by atoms with van der Waals surface area (Å²) in [6.45, 7) is 5.75. The van der Waals surface area contributed by atoms with Crippen LogP contribution in [-0.2, 0) is 4.79 Å². The number of aromatic nitrogens is 3. The van der Waals surface area contributed by atoms with E-state index in [-0.39, 0.29) is 11.7 Å². The van der Waals surface area contributed by atoms with Gasteiger partial charge in [-0.05, 0) is 19.1 Å². The van der Waals surface area contributed by atoms with Crippen molar-refractivity contribution in [3.63, 3.8) is 0 Å². The van der Waals surface area contributed by atoms with Crippen molar-refractivity contribution >= 4 is 35.1 Å². The number of anilines is 1. The van der Waals surface area contributed by atoms with Gasteiger partial charge in [-0.3, -0.25) is 4.79 Å². The van der Waals surface area contributed by atoms with E-state index < -0.39 is 0 Å². The molecule has 8 heteroatoms. The number of nitrogen functional groups attached to an aromatic ring is 1. The lowest BCUT2D eigenvalue weighted by atomic mass is 10.1. The maximum Gasteiger partial charge on any atom is 0.234 e. The van der Waals surface area contributed by atoms with Gasteiger partial charge in [-0.2, -0.15) is 0 Å². The zero-order valence-corrected chi connectivity index (χ0v) is 17.1. The Morgan fingerprint density at radius 1 is 1.18 bits per heavy atom. The summed E-state index contributed by atoms with van der Waals surface area (Å²) >= 11 is 2.87. The quantitative estimate of drug-likeness (QED) is 0.331. The average Bonchev–Trinajstić information content (AvgIpc) is 3.07. The Hall–Kier alpha value is -2.71. The van der Waals surface area contributed by atoms with Gasteiger partial charge in [-0.1, -0.05) is 59.8 Å². The molecule has 0 atom stereocenters. The lowest BCUT2D eigenvalue weighted by molar-refractivity contribution is -0.113. The van der Waals surface area contributed by atoms with E-state index in [0.717, 1.165) is 27.5 Å². The number of hydrogen-bond acceptors (Lipinski definition) is 6. The van der Waals surface area contributed by atoms with Crippen LogP contribution in [0.5, 0.6) is 0 Å². The molecule has 3 aromatic rings. The van der Waals surface area contributed by atoms with Crippen molar-refractivity contribution in [1.29, 1.82) is 0 Å². The maximum absolute atomic E-state index is 12.4. The summed E-state index contributed by atoms with van der Waals surface area (Å²) in [6.07, 6.45) is 1.83. The summed E-state index contributed by atoms with van der Waals surface area (Å²) in [6, 6.07) is 15.6. The van der Waals surface area contributed by atoms with Gasteiger partial charge in [0, 0.05) is 16.2 Å². The molecular formula is C20H21N5OS2. The molecule has 2 aromatic carbocycles. The van der Waals surface area contributed by atoms with Crippen molar-refractivity contribution in [3.05, 3.63) is 66.7 Å².